The summed E-state index contributed by atoms with van der Waals surface area (Å²) in [4.78, 5) is 17.5. The molecular weight excluding hydrogens is 292 g/mol. The van der Waals surface area contributed by atoms with Crippen molar-refractivity contribution >= 4 is 38.4 Å². The van der Waals surface area contributed by atoms with Gasteiger partial charge < -0.3 is 5.73 Å². The van der Waals surface area contributed by atoms with Crippen LogP contribution >= 0.6 is 0 Å². The Bertz CT molecular complexity index is 1030. The third-order valence-electron chi connectivity index (χ3n) is 3.46. The van der Waals surface area contributed by atoms with Crippen LogP contribution in [0.25, 0.3) is 32.7 Å². The second-order valence-corrected chi connectivity index (χ2v) is 5.02. The van der Waals surface area contributed by atoms with Crippen molar-refractivity contribution in [1.82, 2.24) is 9.97 Å². The maximum absolute atomic E-state index is 8.81. The van der Waals surface area contributed by atoms with Crippen LogP contribution in [0.3, 0.4) is 0 Å². The molecule has 0 amide bonds. The smallest absolute Gasteiger partial charge is 0.194 e. The number of hydrogen-bond donors (Lipinski definition) is 1. The van der Waals surface area contributed by atoms with E-state index in [0.717, 1.165) is 45.4 Å². The summed E-state index contributed by atoms with van der Waals surface area (Å²) >= 11 is 0. The van der Waals surface area contributed by atoms with E-state index in [1.165, 1.54) is 0 Å². The van der Waals surface area contributed by atoms with Crippen molar-refractivity contribution in [3.8, 4) is 0 Å². The Kier molecular flexibility index (Phi) is 3.72. The standard InChI is InChI=1S/C16H11N3.CH3NO2/c17-14-11-5-1-2-6-13(11)19-16-12(14)8-7-10-4-3-9-18-15(10)16;1-2(3)4/h1-9H,(H2,17,19);1H3. The maximum atomic E-state index is 8.81. The molecule has 0 aliphatic heterocycles. The van der Waals surface area contributed by atoms with Crippen LogP contribution in [0.1, 0.15) is 0 Å². The molecule has 114 valence electrons. The summed E-state index contributed by atoms with van der Waals surface area (Å²) in [6.07, 6.45) is 1.79. The zero-order chi connectivity index (χ0) is 16.4. The molecule has 2 aromatic heterocycles. The van der Waals surface area contributed by atoms with E-state index in [4.69, 9.17) is 20.8 Å². The molecule has 2 heterocycles. The van der Waals surface area contributed by atoms with Gasteiger partial charge in [0.1, 0.15) is 0 Å². The lowest BCUT2D eigenvalue weighted by Crippen LogP contribution is -1.93. The van der Waals surface area contributed by atoms with Gasteiger partial charge in [-0.2, -0.15) is 0 Å². The fourth-order valence-corrected chi connectivity index (χ4v) is 2.52. The highest BCUT2D eigenvalue weighted by molar-refractivity contribution is 6.13. The minimum atomic E-state index is -0.500. The molecule has 2 N–H and O–H groups in total. The molecule has 0 fully saturated rings. The molecule has 23 heavy (non-hydrogen) atoms. The number of fused-ring (bicyclic) bond motifs is 4. The third-order valence-corrected chi connectivity index (χ3v) is 3.46. The number of hydrogen-bond acceptors (Lipinski definition) is 5. The van der Waals surface area contributed by atoms with Gasteiger partial charge in [-0.15, -0.1) is 0 Å². The van der Waals surface area contributed by atoms with Crippen LogP contribution in [0.5, 0.6) is 0 Å². The Morgan fingerprint density at radius 3 is 2.52 bits per heavy atom. The van der Waals surface area contributed by atoms with Gasteiger partial charge in [-0.25, -0.2) is 4.98 Å². The Balaban J connectivity index is 0.000000354. The lowest BCUT2D eigenvalue weighted by Gasteiger charge is -2.08. The van der Waals surface area contributed by atoms with Crippen molar-refractivity contribution in [3.63, 3.8) is 0 Å². The first-order chi connectivity index (χ1) is 11.1. The summed E-state index contributed by atoms with van der Waals surface area (Å²) in [6.45, 7) is 0. The average Bonchev–Trinajstić information content (AvgIpc) is 2.54. The third kappa shape index (κ3) is 2.74. The van der Waals surface area contributed by atoms with E-state index in [1.54, 1.807) is 6.20 Å². The molecule has 0 aliphatic carbocycles. The fraction of sp³-hybridized carbons (Fsp3) is 0.0588. The molecule has 0 unspecified atom stereocenters. The van der Waals surface area contributed by atoms with Crippen LogP contribution in [0.4, 0.5) is 5.69 Å². The van der Waals surface area contributed by atoms with E-state index in [0.29, 0.717) is 0 Å². The van der Waals surface area contributed by atoms with E-state index in [9.17, 15) is 0 Å². The number of pyridine rings is 2. The molecule has 2 aromatic carbocycles. The van der Waals surface area contributed by atoms with E-state index in [2.05, 4.69) is 4.98 Å². The summed E-state index contributed by atoms with van der Waals surface area (Å²) in [7, 11) is 0.889. The van der Waals surface area contributed by atoms with E-state index >= 15 is 0 Å². The minimum Gasteiger partial charge on any atom is -0.398 e. The SMILES string of the molecule is C[N+](=O)[O-].Nc1c2ccccc2nc2c1ccc1cccnc12. The summed E-state index contributed by atoms with van der Waals surface area (Å²) < 4.78 is 0. The largest absolute Gasteiger partial charge is 0.398 e. The molecule has 0 spiro atoms. The van der Waals surface area contributed by atoms with Gasteiger partial charge in [-0.05, 0) is 18.2 Å². The fourth-order valence-electron chi connectivity index (χ4n) is 2.52. The van der Waals surface area contributed by atoms with Crippen molar-refractivity contribution < 1.29 is 4.92 Å². The zero-order valence-electron chi connectivity index (χ0n) is 12.4. The van der Waals surface area contributed by atoms with Crippen molar-refractivity contribution in [2.45, 2.75) is 0 Å². The molecule has 6 nitrogen and oxygen atoms in total. The number of benzene rings is 2. The van der Waals surface area contributed by atoms with Gasteiger partial charge in [0, 0.05) is 27.3 Å². The lowest BCUT2D eigenvalue weighted by atomic mass is 10.1. The summed E-state index contributed by atoms with van der Waals surface area (Å²) in [6, 6.07) is 16.0. The highest BCUT2D eigenvalue weighted by Crippen LogP contribution is 2.31. The van der Waals surface area contributed by atoms with Crippen LogP contribution in [0.2, 0.25) is 0 Å². The predicted molar refractivity (Wildman–Crippen MR) is 91.9 cm³/mol. The monoisotopic (exact) mass is 306 g/mol. The predicted octanol–water partition coefficient (Wildman–Crippen LogP) is 3.41. The highest BCUT2D eigenvalue weighted by Gasteiger charge is 2.09. The molecular formula is C17H14N4O2. The van der Waals surface area contributed by atoms with Crippen molar-refractivity contribution in [3.05, 3.63) is 64.8 Å². The minimum absolute atomic E-state index is 0.500. The molecule has 4 aromatic rings. The summed E-state index contributed by atoms with van der Waals surface area (Å²) in [5, 5.41) is 11.8. The molecule has 0 saturated heterocycles. The number of para-hydroxylation sites is 1. The Morgan fingerprint density at radius 1 is 1.00 bits per heavy atom. The quantitative estimate of drug-likeness (QED) is 0.232. The van der Waals surface area contributed by atoms with Crippen LogP contribution < -0.4 is 5.73 Å². The zero-order valence-corrected chi connectivity index (χ0v) is 12.4. The molecule has 0 atom stereocenters. The second kappa shape index (κ2) is 5.84. The van der Waals surface area contributed by atoms with Crippen LogP contribution in [0.15, 0.2) is 54.7 Å². The first kappa shape index (κ1) is 14.6. The van der Waals surface area contributed by atoms with Crippen molar-refractivity contribution in [2.75, 3.05) is 12.8 Å². The molecule has 4 rings (SSSR count). The maximum Gasteiger partial charge on any atom is 0.194 e. The summed E-state index contributed by atoms with van der Waals surface area (Å²) in [5.74, 6) is 0. The van der Waals surface area contributed by atoms with Gasteiger partial charge >= 0.3 is 0 Å². The van der Waals surface area contributed by atoms with Crippen molar-refractivity contribution in [1.29, 1.82) is 0 Å². The van der Waals surface area contributed by atoms with Gasteiger partial charge in [-0.1, -0.05) is 30.3 Å². The van der Waals surface area contributed by atoms with Gasteiger partial charge in [-0.3, -0.25) is 15.1 Å². The van der Waals surface area contributed by atoms with Gasteiger partial charge in [0.05, 0.1) is 22.2 Å². The van der Waals surface area contributed by atoms with E-state index in [1.807, 2.05) is 48.5 Å². The van der Waals surface area contributed by atoms with E-state index < -0.39 is 4.92 Å². The van der Waals surface area contributed by atoms with Crippen molar-refractivity contribution in [2.24, 2.45) is 0 Å². The van der Waals surface area contributed by atoms with E-state index in [-0.39, 0.29) is 0 Å². The second-order valence-electron chi connectivity index (χ2n) is 5.02. The Morgan fingerprint density at radius 2 is 1.74 bits per heavy atom. The Hall–Kier alpha value is -3.28. The molecule has 0 aliphatic rings. The van der Waals surface area contributed by atoms with Gasteiger partial charge in [0.15, 0.2) is 7.05 Å². The van der Waals surface area contributed by atoms with Gasteiger partial charge in [0.2, 0.25) is 0 Å². The topological polar surface area (TPSA) is 94.9 Å². The Labute approximate surface area is 131 Å². The lowest BCUT2D eigenvalue weighted by molar-refractivity contribution is -0.445. The normalized spacial score (nSPS) is 10.5. The average molecular weight is 306 g/mol. The molecule has 6 heteroatoms. The number of aromatic nitrogens is 2. The number of nitro groups is 1. The number of rotatable bonds is 0. The molecule has 0 bridgehead atoms. The molecule has 0 saturated carbocycles. The number of anilines is 1. The molecule has 0 radical (unpaired) electrons. The first-order valence-corrected chi connectivity index (χ1v) is 6.97. The number of nitrogens with two attached hydrogens (primary N) is 1. The van der Waals surface area contributed by atoms with Gasteiger partial charge in [0.25, 0.3) is 0 Å². The first-order valence-electron chi connectivity index (χ1n) is 6.97. The van der Waals surface area contributed by atoms with Crippen LogP contribution in [0, 0.1) is 10.1 Å². The highest BCUT2D eigenvalue weighted by atomic mass is 16.6. The van der Waals surface area contributed by atoms with Crippen LogP contribution in [-0.4, -0.2) is 21.9 Å². The summed E-state index contributed by atoms with van der Waals surface area (Å²) in [5.41, 5.74) is 9.73. The number of nitrogens with zero attached hydrogens (tertiary/aromatic N) is 3. The van der Waals surface area contributed by atoms with Crippen LogP contribution in [-0.2, 0) is 0 Å². The number of nitrogen functional groups attached to an aromatic ring is 1.